The van der Waals surface area contributed by atoms with Crippen LogP contribution in [0.3, 0.4) is 0 Å². The van der Waals surface area contributed by atoms with Gasteiger partial charge in [0.1, 0.15) is 0 Å². The van der Waals surface area contributed by atoms with Gasteiger partial charge >= 0.3 is 0 Å². The minimum Gasteiger partial charge on any atom is -0.322 e. The second-order valence-electron chi connectivity index (χ2n) is 9.28. The molecule has 6 nitrogen and oxygen atoms in total. The molecule has 2 aliphatic heterocycles. The Kier molecular flexibility index (Phi) is 7.41. The number of rotatable bonds is 6. The van der Waals surface area contributed by atoms with Crippen molar-refractivity contribution in [2.75, 3.05) is 44.6 Å². The van der Waals surface area contributed by atoms with E-state index in [2.05, 4.69) is 20.2 Å². The van der Waals surface area contributed by atoms with Gasteiger partial charge in [-0.3, -0.25) is 9.69 Å². The molecule has 1 aromatic heterocycles. The van der Waals surface area contributed by atoms with Gasteiger partial charge in [0.2, 0.25) is 5.91 Å². The highest BCUT2D eigenvalue weighted by atomic mass is 16.2. The van der Waals surface area contributed by atoms with Gasteiger partial charge in [-0.25, -0.2) is 4.68 Å². The zero-order valence-electron chi connectivity index (χ0n) is 19.1. The average molecular weight is 424 g/mol. The molecule has 6 heteroatoms. The van der Waals surface area contributed by atoms with Crippen LogP contribution in [-0.4, -0.2) is 64.8 Å². The number of nitrogens with one attached hydrogen (secondary N) is 1. The van der Waals surface area contributed by atoms with Crippen LogP contribution in [0.4, 0.5) is 5.69 Å². The summed E-state index contributed by atoms with van der Waals surface area (Å²) in [5.41, 5.74) is 3.67. The lowest BCUT2D eigenvalue weighted by atomic mass is 9.96. The lowest BCUT2D eigenvalue weighted by Crippen LogP contribution is -2.42. The molecule has 1 aromatic carbocycles. The van der Waals surface area contributed by atoms with Gasteiger partial charge < -0.3 is 10.2 Å². The predicted molar refractivity (Wildman–Crippen MR) is 126 cm³/mol. The number of carbonyl (C=O) groups excluding carboxylic acids is 1. The molecule has 0 saturated carbocycles. The highest BCUT2D eigenvalue weighted by molar-refractivity contribution is 5.93. The largest absolute Gasteiger partial charge is 0.322 e. The number of likely N-dealkylation sites (tertiary alicyclic amines) is 2. The van der Waals surface area contributed by atoms with Crippen molar-refractivity contribution in [3.05, 3.63) is 41.7 Å². The van der Waals surface area contributed by atoms with Gasteiger partial charge in [-0.1, -0.05) is 31.0 Å². The molecule has 168 valence electrons. The Bertz CT molecular complexity index is 846. The van der Waals surface area contributed by atoms with E-state index in [4.69, 9.17) is 0 Å². The summed E-state index contributed by atoms with van der Waals surface area (Å²) < 4.78 is 1.90. The van der Waals surface area contributed by atoms with Crippen molar-refractivity contribution in [3.8, 4) is 5.69 Å². The highest BCUT2D eigenvalue weighted by Gasteiger charge is 2.24. The van der Waals surface area contributed by atoms with Gasteiger partial charge in [-0.15, -0.1) is 0 Å². The van der Waals surface area contributed by atoms with E-state index in [9.17, 15) is 4.79 Å². The van der Waals surface area contributed by atoms with Crippen LogP contribution in [-0.2, 0) is 4.79 Å². The van der Waals surface area contributed by atoms with Crippen LogP contribution in [0.5, 0.6) is 0 Å². The second-order valence-corrected chi connectivity index (χ2v) is 9.28. The maximum absolute atomic E-state index is 12.8. The molecule has 3 heterocycles. The van der Waals surface area contributed by atoms with Crippen molar-refractivity contribution in [1.29, 1.82) is 0 Å². The quantitative estimate of drug-likeness (QED) is 0.763. The standard InChI is InChI=1S/C25H37N5O/c1-20-25(21(2)30(27-20)23-10-6-5-7-11-23)26-24(31)19-29-16-12-22(13-17-29)18-28-14-8-3-4-9-15-28/h5-7,10-11,22H,3-4,8-9,12-19H2,1-2H3,(H,26,31). The molecular formula is C25H37N5O. The van der Waals surface area contributed by atoms with Gasteiger partial charge in [0.15, 0.2) is 0 Å². The molecule has 0 bridgehead atoms. The van der Waals surface area contributed by atoms with Crippen LogP contribution in [0.25, 0.3) is 5.69 Å². The molecule has 0 spiro atoms. The average Bonchev–Trinajstić information content (AvgIpc) is 2.94. The van der Waals surface area contributed by atoms with Crippen molar-refractivity contribution in [1.82, 2.24) is 19.6 Å². The molecule has 2 saturated heterocycles. The van der Waals surface area contributed by atoms with Crippen LogP contribution in [0.15, 0.2) is 30.3 Å². The summed E-state index contributed by atoms with van der Waals surface area (Å²) in [4.78, 5) is 17.8. The number of amides is 1. The molecular weight excluding hydrogens is 386 g/mol. The Morgan fingerprint density at radius 1 is 0.968 bits per heavy atom. The Labute approximate surface area is 186 Å². The first kappa shape index (κ1) is 22.0. The van der Waals surface area contributed by atoms with E-state index in [0.29, 0.717) is 6.54 Å². The van der Waals surface area contributed by atoms with E-state index in [1.54, 1.807) is 0 Å². The number of aromatic nitrogens is 2. The van der Waals surface area contributed by atoms with Crippen LogP contribution < -0.4 is 5.32 Å². The second kappa shape index (κ2) is 10.4. The monoisotopic (exact) mass is 423 g/mol. The SMILES string of the molecule is Cc1nn(-c2ccccc2)c(C)c1NC(=O)CN1CCC(CN2CCCCCC2)CC1. The first-order chi connectivity index (χ1) is 15.1. The van der Waals surface area contributed by atoms with Crippen molar-refractivity contribution < 1.29 is 4.79 Å². The zero-order chi connectivity index (χ0) is 21.6. The molecule has 2 aromatic rings. The van der Waals surface area contributed by atoms with Crippen molar-refractivity contribution in [2.24, 2.45) is 5.92 Å². The fourth-order valence-corrected chi connectivity index (χ4v) is 5.04. The smallest absolute Gasteiger partial charge is 0.238 e. The lowest BCUT2D eigenvalue weighted by molar-refractivity contribution is -0.117. The third-order valence-corrected chi connectivity index (χ3v) is 6.85. The number of para-hydroxylation sites is 1. The van der Waals surface area contributed by atoms with Crippen LogP contribution in [0.1, 0.15) is 49.9 Å². The number of hydrogen-bond donors (Lipinski definition) is 1. The maximum atomic E-state index is 12.8. The van der Waals surface area contributed by atoms with Crippen molar-refractivity contribution in [3.63, 3.8) is 0 Å². The molecule has 2 aliphatic rings. The number of benzene rings is 1. The number of hydrogen-bond acceptors (Lipinski definition) is 4. The number of nitrogens with zero attached hydrogens (tertiary/aromatic N) is 4. The number of anilines is 1. The summed E-state index contributed by atoms with van der Waals surface area (Å²) in [6.07, 6.45) is 7.92. The Morgan fingerprint density at radius 3 is 2.32 bits per heavy atom. The maximum Gasteiger partial charge on any atom is 0.238 e. The van der Waals surface area contributed by atoms with Gasteiger partial charge in [0, 0.05) is 6.54 Å². The third-order valence-electron chi connectivity index (χ3n) is 6.85. The van der Waals surface area contributed by atoms with Crippen molar-refractivity contribution >= 4 is 11.6 Å². The van der Waals surface area contributed by atoms with Crippen LogP contribution in [0, 0.1) is 19.8 Å². The summed E-state index contributed by atoms with van der Waals surface area (Å²) >= 11 is 0. The summed E-state index contributed by atoms with van der Waals surface area (Å²) in [7, 11) is 0. The summed E-state index contributed by atoms with van der Waals surface area (Å²) in [6, 6.07) is 10.1. The van der Waals surface area contributed by atoms with E-state index in [1.807, 2.05) is 48.9 Å². The van der Waals surface area contributed by atoms with Crippen LogP contribution in [0.2, 0.25) is 0 Å². The van der Waals surface area contributed by atoms with Gasteiger partial charge in [-0.05, 0) is 83.8 Å². The number of carbonyl (C=O) groups is 1. The molecule has 0 atom stereocenters. The molecule has 2 fully saturated rings. The first-order valence-electron chi connectivity index (χ1n) is 12.0. The molecule has 0 radical (unpaired) electrons. The molecule has 1 amide bonds. The first-order valence-corrected chi connectivity index (χ1v) is 12.0. The van der Waals surface area contributed by atoms with Gasteiger partial charge in [0.25, 0.3) is 0 Å². The summed E-state index contributed by atoms with van der Waals surface area (Å²) in [5, 5.41) is 7.76. The van der Waals surface area contributed by atoms with E-state index in [0.717, 1.165) is 41.8 Å². The Morgan fingerprint density at radius 2 is 1.65 bits per heavy atom. The Hall–Kier alpha value is -2.18. The Balaban J connectivity index is 1.27. The van der Waals surface area contributed by atoms with E-state index in [-0.39, 0.29) is 5.91 Å². The fraction of sp³-hybridized carbons (Fsp3) is 0.600. The molecule has 31 heavy (non-hydrogen) atoms. The topological polar surface area (TPSA) is 53.4 Å². The molecule has 0 unspecified atom stereocenters. The van der Waals surface area contributed by atoms with Gasteiger partial charge in [0.05, 0.1) is 29.3 Å². The number of aryl methyl sites for hydroxylation is 1. The normalized spacial score (nSPS) is 19.3. The lowest BCUT2D eigenvalue weighted by Gasteiger charge is -2.34. The fourth-order valence-electron chi connectivity index (χ4n) is 5.04. The number of piperidine rings is 1. The van der Waals surface area contributed by atoms with E-state index in [1.165, 1.54) is 58.2 Å². The molecule has 1 N–H and O–H groups in total. The van der Waals surface area contributed by atoms with Crippen LogP contribution >= 0.6 is 0 Å². The summed E-state index contributed by atoms with van der Waals surface area (Å²) in [5.74, 6) is 0.843. The predicted octanol–water partition coefficient (Wildman–Crippen LogP) is 4.02. The van der Waals surface area contributed by atoms with Crippen molar-refractivity contribution in [2.45, 2.75) is 52.4 Å². The van der Waals surface area contributed by atoms with E-state index >= 15 is 0 Å². The molecule has 0 aliphatic carbocycles. The zero-order valence-corrected chi connectivity index (χ0v) is 19.1. The minimum atomic E-state index is 0.0600. The highest BCUT2D eigenvalue weighted by Crippen LogP contribution is 2.24. The third kappa shape index (κ3) is 5.74. The van der Waals surface area contributed by atoms with E-state index < -0.39 is 0 Å². The van der Waals surface area contributed by atoms with Gasteiger partial charge in [-0.2, -0.15) is 5.10 Å². The molecule has 4 rings (SSSR count). The minimum absolute atomic E-state index is 0.0600. The summed E-state index contributed by atoms with van der Waals surface area (Å²) in [6.45, 7) is 10.3.